The van der Waals surface area contributed by atoms with Crippen molar-refractivity contribution in [2.45, 2.75) is 6.61 Å². The van der Waals surface area contributed by atoms with Crippen molar-refractivity contribution >= 4 is 62.7 Å². The molecule has 0 saturated heterocycles. The highest BCUT2D eigenvalue weighted by molar-refractivity contribution is 9.10. The van der Waals surface area contributed by atoms with E-state index in [2.05, 4.69) is 15.9 Å². The van der Waals surface area contributed by atoms with E-state index in [1.165, 1.54) is 6.08 Å². The van der Waals surface area contributed by atoms with Crippen LogP contribution in [0.5, 0.6) is 5.75 Å². The molecule has 1 amide bonds. The van der Waals surface area contributed by atoms with Crippen LogP contribution in [0, 0.1) is 0 Å². The third kappa shape index (κ3) is 5.13. The van der Waals surface area contributed by atoms with Gasteiger partial charge in [-0.05, 0) is 51.8 Å². The first-order chi connectivity index (χ1) is 11.4. The van der Waals surface area contributed by atoms with Crippen LogP contribution in [-0.2, 0) is 11.4 Å². The monoisotopic (exact) mass is 448 g/mol. The quantitative estimate of drug-likeness (QED) is 0.292. The molecule has 24 heavy (non-hydrogen) atoms. The lowest BCUT2D eigenvalue weighted by molar-refractivity contribution is -0.116. The number of rotatable bonds is 5. The minimum Gasteiger partial charge on any atom is -0.486 e. The summed E-state index contributed by atoms with van der Waals surface area (Å²) < 4.78 is 6.39. The molecule has 0 aliphatic rings. The molecular formula is C16H12BrCl3N2O2. The minimum absolute atomic E-state index is 0.235. The summed E-state index contributed by atoms with van der Waals surface area (Å²) in [6.45, 7) is 0.235. The van der Waals surface area contributed by atoms with Crippen molar-refractivity contribution in [2.24, 2.45) is 5.84 Å². The largest absolute Gasteiger partial charge is 0.486 e. The standard InChI is InChI=1S/C16H12BrCl3N2O2/c17-12-5-9(1-4-15(23)22-21)6-14(20)16(12)24-8-10-2-3-11(18)7-13(10)19/h1-7H,8,21H2,(H,22,23)/b4-1+. The van der Waals surface area contributed by atoms with Crippen molar-refractivity contribution in [3.05, 3.63) is 67.1 Å². The summed E-state index contributed by atoms with van der Waals surface area (Å²) in [5.41, 5.74) is 3.51. The Morgan fingerprint density at radius 3 is 2.58 bits per heavy atom. The highest BCUT2D eigenvalue weighted by Crippen LogP contribution is 2.36. The van der Waals surface area contributed by atoms with Gasteiger partial charge in [-0.25, -0.2) is 5.84 Å². The summed E-state index contributed by atoms with van der Waals surface area (Å²) in [6.07, 6.45) is 2.88. The molecule has 0 aliphatic heterocycles. The number of hydrogen-bond donors (Lipinski definition) is 2. The van der Waals surface area contributed by atoms with Crippen LogP contribution in [0.15, 0.2) is 40.9 Å². The lowest BCUT2D eigenvalue weighted by Crippen LogP contribution is -2.27. The average molecular weight is 451 g/mol. The van der Waals surface area contributed by atoms with Gasteiger partial charge < -0.3 is 4.74 Å². The number of ether oxygens (including phenoxy) is 1. The fraction of sp³-hybridized carbons (Fsp3) is 0.0625. The van der Waals surface area contributed by atoms with Crippen LogP contribution in [0.3, 0.4) is 0 Å². The highest BCUT2D eigenvalue weighted by Gasteiger charge is 2.10. The second-order valence-electron chi connectivity index (χ2n) is 4.68. The first kappa shape index (κ1) is 19.1. The van der Waals surface area contributed by atoms with Crippen molar-refractivity contribution < 1.29 is 9.53 Å². The Bertz CT molecular complexity index is 774. The van der Waals surface area contributed by atoms with E-state index in [0.29, 0.717) is 30.9 Å². The topological polar surface area (TPSA) is 64.3 Å². The van der Waals surface area contributed by atoms with Gasteiger partial charge >= 0.3 is 0 Å². The number of nitrogens with two attached hydrogens (primary N) is 1. The Kier molecular flexibility index (Phi) is 6.95. The fourth-order valence-corrected chi connectivity index (χ4v) is 3.27. The number of halogens is 4. The van der Waals surface area contributed by atoms with Gasteiger partial charge in [-0.2, -0.15) is 0 Å². The Labute approximate surface area is 162 Å². The molecule has 0 spiro atoms. The number of carbonyl (C=O) groups excluding carboxylic acids is 1. The summed E-state index contributed by atoms with van der Waals surface area (Å²) in [7, 11) is 0. The molecule has 8 heteroatoms. The van der Waals surface area contributed by atoms with E-state index in [9.17, 15) is 4.79 Å². The van der Waals surface area contributed by atoms with Crippen molar-refractivity contribution in [2.75, 3.05) is 0 Å². The van der Waals surface area contributed by atoms with Gasteiger partial charge in [0.25, 0.3) is 5.91 Å². The average Bonchev–Trinajstić information content (AvgIpc) is 2.53. The molecule has 0 aromatic heterocycles. The van der Waals surface area contributed by atoms with Crippen LogP contribution in [0.25, 0.3) is 6.08 Å². The molecule has 4 nitrogen and oxygen atoms in total. The summed E-state index contributed by atoms with van der Waals surface area (Å²) in [4.78, 5) is 11.1. The number of nitrogens with one attached hydrogen (secondary N) is 1. The van der Waals surface area contributed by atoms with Crippen LogP contribution in [0.1, 0.15) is 11.1 Å². The molecule has 0 radical (unpaired) electrons. The lowest BCUT2D eigenvalue weighted by Gasteiger charge is -2.12. The van der Waals surface area contributed by atoms with Crippen LogP contribution in [0.2, 0.25) is 15.1 Å². The van der Waals surface area contributed by atoms with Gasteiger partial charge in [0, 0.05) is 21.7 Å². The summed E-state index contributed by atoms with van der Waals surface area (Å²) in [5, 5.41) is 1.46. The number of benzene rings is 2. The van der Waals surface area contributed by atoms with Gasteiger partial charge in [0.1, 0.15) is 6.61 Å². The van der Waals surface area contributed by atoms with Crippen LogP contribution >= 0.6 is 50.7 Å². The van der Waals surface area contributed by atoms with Crippen molar-refractivity contribution in [1.29, 1.82) is 0 Å². The Hall–Kier alpha value is -1.24. The van der Waals surface area contributed by atoms with Gasteiger partial charge in [-0.1, -0.05) is 40.9 Å². The van der Waals surface area contributed by atoms with Crippen LogP contribution in [-0.4, -0.2) is 5.91 Å². The summed E-state index contributed by atoms with van der Waals surface area (Å²) >= 11 is 21.6. The maximum absolute atomic E-state index is 11.1. The van der Waals surface area contributed by atoms with E-state index in [4.69, 9.17) is 45.4 Å². The molecule has 0 fully saturated rings. The smallest absolute Gasteiger partial charge is 0.257 e. The molecule has 0 unspecified atom stereocenters. The van der Waals surface area contributed by atoms with Gasteiger partial charge in [0.2, 0.25) is 0 Å². The molecule has 0 saturated carbocycles. The molecule has 3 N–H and O–H groups in total. The Balaban J connectivity index is 2.16. The van der Waals surface area contributed by atoms with Crippen LogP contribution < -0.4 is 16.0 Å². The SMILES string of the molecule is NNC(=O)/C=C/c1cc(Cl)c(OCc2ccc(Cl)cc2Cl)c(Br)c1. The van der Waals surface area contributed by atoms with Gasteiger partial charge in [-0.15, -0.1) is 0 Å². The Morgan fingerprint density at radius 1 is 1.21 bits per heavy atom. The molecule has 126 valence electrons. The van der Waals surface area contributed by atoms with Gasteiger partial charge in [-0.3, -0.25) is 10.2 Å². The Morgan fingerprint density at radius 2 is 1.96 bits per heavy atom. The summed E-state index contributed by atoms with van der Waals surface area (Å²) in [6, 6.07) is 8.61. The van der Waals surface area contributed by atoms with E-state index in [0.717, 1.165) is 5.56 Å². The number of carbonyl (C=O) groups is 1. The van der Waals surface area contributed by atoms with E-state index >= 15 is 0 Å². The zero-order valence-electron chi connectivity index (χ0n) is 12.2. The lowest BCUT2D eigenvalue weighted by atomic mass is 10.2. The van der Waals surface area contributed by atoms with Gasteiger partial charge in [0.05, 0.1) is 9.50 Å². The molecule has 0 aliphatic carbocycles. The second-order valence-corrected chi connectivity index (χ2v) is 6.79. The minimum atomic E-state index is -0.417. The maximum Gasteiger partial charge on any atom is 0.257 e. The van der Waals surface area contributed by atoms with E-state index in [1.807, 2.05) is 5.43 Å². The first-order valence-electron chi connectivity index (χ1n) is 6.65. The third-order valence-corrected chi connectivity index (χ3v) is 4.43. The molecular weight excluding hydrogens is 438 g/mol. The van der Waals surface area contributed by atoms with Crippen molar-refractivity contribution in [1.82, 2.24) is 5.43 Å². The number of hydrogen-bond acceptors (Lipinski definition) is 3. The predicted molar refractivity (Wildman–Crippen MR) is 101 cm³/mol. The molecule has 2 aromatic carbocycles. The number of amides is 1. The number of hydrazine groups is 1. The van der Waals surface area contributed by atoms with Crippen LogP contribution in [0.4, 0.5) is 0 Å². The first-order valence-corrected chi connectivity index (χ1v) is 8.58. The molecule has 0 bridgehead atoms. The highest BCUT2D eigenvalue weighted by atomic mass is 79.9. The zero-order valence-corrected chi connectivity index (χ0v) is 16.0. The molecule has 2 aromatic rings. The van der Waals surface area contributed by atoms with E-state index in [1.54, 1.807) is 36.4 Å². The molecule has 2 rings (SSSR count). The maximum atomic E-state index is 11.1. The van der Waals surface area contributed by atoms with Crippen molar-refractivity contribution in [3.63, 3.8) is 0 Å². The predicted octanol–water partition coefficient (Wildman–Crippen LogP) is 4.99. The zero-order chi connectivity index (χ0) is 17.7. The second kappa shape index (κ2) is 8.74. The fourth-order valence-electron chi connectivity index (χ4n) is 1.82. The van der Waals surface area contributed by atoms with Crippen molar-refractivity contribution in [3.8, 4) is 5.75 Å². The van der Waals surface area contributed by atoms with E-state index < -0.39 is 5.91 Å². The third-order valence-electron chi connectivity index (χ3n) is 2.98. The molecule has 0 heterocycles. The van der Waals surface area contributed by atoms with E-state index in [-0.39, 0.29) is 6.61 Å². The van der Waals surface area contributed by atoms with Gasteiger partial charge in [0.15, 0.2) is 5.75 Å². The summed E-state index contributed by atoms with van der Waals surface area (Å²) in [5.74, 6) is 5.07. The normalized spacial score (nSPS) is 10.9. The molecule has 0 atom stereocenters.